The van der Waals surface area contributed by atoms with Crippen LogP contribution in [0.3, 0.4) is 0 Å². The summed E-state index contributed by atoms with van der Waals surface area (Å²) in [7, 11) is 3.21. The molecule has 3 nitrogen and oxygen atoms in total. The van der Waals surface area contributed by atoms with Crippen molar-refractivity contribution in [2.24, 2.45) is 0 Å². The summed E-state index contributed by atoms with van der Waals surface area (Å²) >= 11 is 0. The SMILES string of the molecule is COc1ccccc1C(=O)C1(OC)CCCC1. The second-order valence-corrected chi connectivity index (χ2v) is 4.43. The average Bonchev–Trinajstić information content (AvgIpc) is 2.88. The zero-order valence-corrected chi connectivity index (χ0v) is 10.4. The van der Waals surface area contributed by atoms with Gasteiger partial charge in [0.15, 0.2) is 5.78 Å². The van der Waals surface area contributed by atoms with Crippen LogP contribution < -0.4 is 4.74 Å². The third-order valence-corrected chi connectivity index (χ3v) is 3.57. The lowest BCUT2D eigenvalue weighted by atomic mass is 9.90. The van der Waals surface area contributed by atoms with Gasteiger partial charge in [0.25, 0.3) is 0 Å². The number of rotatable bonds is 4. The van der Waals surface area contributed by atoms with E-state index in [1.807, 2.05) is 18.2 Å². The summed E-state index contributed by atoms with van der Waals surface area (Å²) in [5, 5.41) is 0. The highest BCUT2D eigenvalue weighted by Gasteiger charge is 2.42. The predicted molar refractivity (Wildman–Crippen MR) is 65.5 cm³/mol. The molecule has 1 aliphatic rings. The molecule has 92 valence electrons. The second kappa shape index (κ2) is 4.88. The van der Waals surface area contributed by atoms with Crippen molar-refractivity contribution in [2.45, 2.75) is 31.3 Å². The molecular formula is C14H18O3. The maximum atomic E-state index is 12.6. The minimum atomic E-state index is -0.630. The Morgan fingerprint density at radius 2 is 1.82 bits per heavy atom. The fourth-order valence-electron chi connectivity index (χ4n) is 2.55. The molecule has 0 amide bonds. The van der Waals surface area contributed by atoms with E-state index in [1.54, 1.807) is 20.3 Å². The van der Waals surface area contributed by atoms with E-state index in [-0.39, 0.29) is 5.78 Å². The Bertz CT molecular complexity index is 406. The summed E-state index contributed by atoms with van der Waals surface area (Å²) in [5.74, 6) is 0.677. The molecule has 2 rings (SSSR count). The summed E-state index contributed by atoms with van der Waals surface area (Å²) < 4.78 is 10.7. The number of ether oxygens (including phenoxy) is 2. The van der Waals surface area contributed by atoms with E-state index < -0.39 is 5.60 Å². The number of para-hydroxylation sites is 1. The Balaban J connectivity index is 2.35. The molecule has 3 heteroatoms. The quantitative estimate of drug-likeness (QED) is 0.751. The van der Waals surface area contributed by atoms with Gasteiger partial charge in [0.1, 0.15) is 11.4 Å². The highest BCUT2D eigenvalue weighted by molar-refractivity contribution is 6.04. The van der Waals surface area contributed by atoms with E-state index >= 15 is 0 Å². The molecule has 0 aromatic heterocycles. The normalized spacial score (nSPS) is 18.0. The maximum Gasteiger partial charge on any atom is 0.198 e. The van der Waals surface area contributed by atoms with Crippen LogP contribution in [0.1, 0.15) is 36.0 Å². The Morgan fingerprint density at radius 3 is 2.41 bits per heavy atom. The van der Waals surface area contributed by atoms with Gasteiger partial charge in [0.05, 0.1) is 12.7 Å². The molecule has 0 aliphatic heterocycles. The molecule has 1 saturated carbocycles. The summed E-state index contributed by atoms with van der Waals surface area (Å²) in [6.07, 6.45) is 3.71. The molecule has 1 aromatic rings. The standard InChI is InChI=1S/C14H18O3/c1-16-12-8-4-3-7-11(12)13(15)14(17-2)9-5-6-10-14/h3-4,7-8H,5-6,9-10H2,1-2H3. The maximum absolute atomic E-state index is 12.6. The number of carbonyl (C=O) groups excluding carboxylic acids is 1. The van der Waals surface area contributed by atoms with E-state index in [9.17, 15) is 4.79 Å². The number of hydrogen-bond donors (Lipinski definition) is 0. The molecule has 1 aromatic carbocycles. The molecule has 0 saturated heterocycles. The van der Waals surface area contributed by atoms with Gasteiger partial charge in [-0.3, -0.25) is 4.79 Å². The number of Topliss-reactive ketones (excluding diaryl/α,β-unsaturated/α-hetero) is 1. The van der Waals surface area contributed by atoms with Crippen molar-refractivity contribution in [1.29, 1.82) is 0 Å². The van der Waals surface area contributed by atoms with Gasteiger partial charge in [-0.05, 0) is 37.8 Å². The molecule has 0 spiro atoms. The van der Waals surface area contributed by atoms with Crippen LogP contribution in [0.25, 0.3) is 0 Å². The molecule has 0 atom stereocenters. The monoisotopic (exact) mass is 234 g/mol. The lowest BCUT2D eigenvalue weighted by Gasteiger charge is -2.26. The highest BCUT2D eigenvalue weighted by Crippen LogP contribution is 2.37. The molecule has 0 unspecified atom stereocenters. The number of hydrogen-bond acceptors (Lipinski definition) is 3. The fraction of sp³-hybridized carbons (Fsp3) is 0.500. The van der Waals surface area contributed by atoms with Crippen molar-refractivity contribution in [3.63, 3.8) is 0 Å². The van der Waals surface area contributed by atoms with Crippen molar-refractivity contribution in [3.8, 4) is 5.75 Å². The Hall–Kier alpha value is -1.35. The molecule has 0 bridgehead atoms. The lowest BCUT2D eigenvalue weighted by molar-refractivity contribution is 0.00581. The molecule has 1 fully saturated rings. The van der Waals surface area contributed by atoms with Gasteiger partial charge in [-0.25, -0.2) is 0 Å². The zero-order valence-electron chi connectivity index (χ0n) is 10.4. The Kier molecular flexibility index (Phi) is 3.48. The van der Waals surface area contributed by atoms with E-state index in [4.69, 9.17) is 9.47 Å². The van der Waals surface area contributed by atoms with Gasteiger partial charge in [-0.1, -0.05) is 12.1 Å². The minimum Gasteiger partial charge on any atom is -0.496 e. The summed E-state index contributed by atoms with van der Waals surface area (Å²) in [5.41, 5.74) is -0.00648. The number of methoxy groups -OCH3 is 2. The van der Waals surface area contributed by atoms with Crippen LogP contribution in [0.5, 0.6) is 5.75 Å². The first-order valence-electron chi connectivity index (χ1n) is 5.96. The largest absolute Gasteiger partial charge is 0.496 e. The van der Waals surface area contributed by atoms with Crippen molar-refractivity contribution in [3.05, 3.63) is 29.8 Å². The van der Waals surface area contributed by atoms with Crippen LogP contribution in [0.4, 0.5) is 0 Å². The van der Waals surface area contributed by atoms with Crippen LogP contribution in [-0.2, 0) is 4.74 Å². The molecule has 0 heterocycles. The molecule has 1 aliphatic carbocycles. The number of ketones is 1. The Morgan fingerprint density at radius 1 is 1.18 bits per heavy atom. The first-order chi connectivity index (χ1) is 8.23. The molecule has 17 heavy (non-hydrogen) atoms. The first-order valence-corrected chi connectivity index (χ1v) is 5.96. The number of carbonyl (C=O) groups is 1. The average molecular weight is 234 g/mol. The second-order valence-electron chi connectivity index (χ2n) is 4.43. The van der Waals surface area contributed by atoms with Gasteiger partial charge < -0.3 is 9.47 Å². The van der Waals surface area contributed by atoms with Gasteiger partial charge in [-0.2, -0.15) is 0 Å². The molecule has 0 N–H and O–H groups in total. The van der Waals surface area contributed by atoms with E-state index in [2.05, 4.69) is 0 Å². The number of benzene rings is 1. The molecular weight excluding hydrogens is 216 g/mol. The van der Waals surface area contributed by atoms with Gasteiger partial charge in [0, 0.05) is 7.11 Å². The van der Waals surface area contributed by atoms with Crippen LogP contribution >= 0.6 is 0 Å². The summed E-state index contributed by atoms with van der Waals surface area (Å²) in [6.45, 7) is 0. The van der Waals surface area contributed by atoms with Crippen molar-refractivity contribution in [2.75, 3.05) is 14.2 Å². The minimum absolute atomic E-state index is 0.0509. The Labute approximate surface area is 102 Å². The predicted octanol–water partition coefficient (Wildman–Crippen LogP) is 2.84. The van der Waals surface area contributed by atoms with Gasteiger partial charge in [-0.15, -0.1) is 0 Å². The van der Waals surface area contributed by atoms with Crippen LogP contribution in [-0.4, -0.2) is 25.6 Å². The van der Waals surface area contributed by atoms with Gasteiger partial charge >= 0.3 is 0 Å². The lowest BCUT2D eigenvalue weighted by Crippen LogP contribution is -2.37. The third kappa shape index (κ3) is 2.07. The van der Waals surface area contributed by atoms with Crippen LogP contribution in [0, 0.1) is 0 Å². The van der Waals surface area contributed by atoms with Crippen LogP contribution in [0.2, 0.25) is 0 Å². The van der Waals surface area contributed by atoms with Crippen molar-refractivity contribution in [1.82, 2.24) is 0 Å². The van der Waals surface area contributed by atoms with E-state index in [0.29, 0.717) is 11.3 Å². The topological polar surface area (TPSA) is 35.5 Å². The fourth-order valence-corrected chi connectivity index (χ4v) is 2.55. The third-order valence-electron chi connectivity index (χ3n) is 3.57. The van der Waals surface area contributed by atoms with Crippen LogP contribution in [0.15, 0.2) is 24.3 Å². The zero-order chi connectivity index (χ0) is 12.3. The van der Waals surface area contributed by atoms with Gasteiger partial charge in [0.2, 0.25) is 0 Å². The van der Waals surface area contributed by atoms with Crippen molar-refractivity contribution >= 4 is 5.78 Å². The smallest absolute Gasteiger partial charge is 0.198 e. The summed E-state index contributed by atoms with van der Waals surface area (Å²) in [6, 6.07) is 7.34. The first kappa shape index (κ1) is 12.1. The van der Waals surface area contributed by atoms with E-state index in [1.165, 1.54) is 0 Å². The summed E-state index contributed by atoms with van der Waals surface area (Å²) in [4.78, 5) is 12.6. The van der Waals surface area contributed by atoms with E-state index in [0.717, 1.165) is 25.7 Å². The van der Waals surface area contributed by atoms with Crippen molar-refractivity contribution < 1.29 is 14.3 Å². The highest BCUT2D eigenvalue weighted by atomic mass is 16.5. The molecule has 0 radical (unpaired) electrons.